The SMILES string of the molecule is O=C(CCl)C1(Cc2ccccc2)CC1. The van der Waals surface area contributed by atoms with Crippen LogP contribution < -0.4 is 0 Å². The molecule has 2 heteroatoms. The molecule has 1 fully saturated rings. The van der Waals surface area contributed by atoms with Crippen molar-refractivity contribution in [1.82, 2.24) is 0 Å². The predicted octanol–water partition coefficient (Wildman–Crippen LogP) is 2.82. The maximum absolute atomic E-state index is 11.6. The van der Waals surface area contributed by atoms with Crippen LogP contribution in [0.5, 0.6) is 0 Å². The van der Waals surface area contributed by atoms with E-state index in [1.807, 2.05) is 18.2 Å². The van der Waals surface area contributed by atoms with Gasteiger partial charge in [-0.25, -0.2) is 0 Å². The number of carbonyl (C=O) groups is 1. The van der Waals surface area contributed by atoms with E-state index in [4.69, 9.17) is 11.6 Å². The predicted molar refractivity (Wildman–Crippen MR) is 57.5 cm³/mol. The van der Waals surface area contributed by atoms with Gasteiger partial charge in [-0.15, -0.1) is 11.6 Å². The van der Waals surface area contributed by atoms with Crippen LogP contribution in [0.25, 0.3) is 0 Å². The van der Waals surface area contributed by atoms with Gasteiger partial charge < -0.3 is 0 Å². The molecule has 1 saturated carbocycles. The molecule has 0 spiro atoms. The molecule has 0 bridgehead atoms. The average molecular weight is 209 g/mol. The molecule has 1 aromatic carbocycles. The number of rotatable bonds is 4. The summed E-state index contributed by atoms with van der Waals surface area (Å²) in [6, 6.07) is 10.2. The molecular weight excluding hydrogens is 196 g/mol. The van der Waals surface area contributed by atoms with Gasteiger partial charge >= 0.3 is 0 Å². The summed E-state index contributed by atoms with van der Waals surface area (Å²) < 4.78 is 0. The van der Waals surface area contributed by atoms with Crippen molar-refractivity contribution >= 4 is 17.4 Å². The van der Waals surface area contributed by atoms with Gasteiger partial charge in [0.05, 0.1) is 5.88 Å². The normalized spacial score (nSPS) is 17.8. The molecular formula is C12H13ClO. The summed E-state index contributed by atoms with van der Waals surface area (Å²) >= 11 is 5.59. The van der Waals surface area contributed by atoms with Crippen LogP contribution in [0.2, 0.25) is 0 Å². The molecule has 0 N–H and O–H groups in total. The molecule has 0 saturated heterocycles. The highest BCUT2D eigenvalue weighted by Crippen LogP contribution is 2.49. The molecule has 2 rings (SSSR count). The third-order valence-electron chi connectivity index (χ3n) is 2.95. The lowest BCUT2D eigenvalue weighted by molar-refractivity contribution is -0.121. The Morgan fingerprint density at radius 3 is 2.43 bits per heavy atom. The van der Waals surface area contributed by atoms with Crippen LogP contribution in [-0.4, -0.2) is 11.7 Å². The number of hydrogen-bond acceptors (Lipinski definition) is 1. The van der Waals surface area contributed by atoms with E-state index in [0.29, 0.717) is 0 Å². The fourth-order valence-electron chi connectivity index (χ4n) is 1.83. The Hall–Kier alpha value is -0.820. The first-order chi connectivity index (χ1) is 6.77. The van der Waals surface area contributed by atoms with Crippen molar-refractivity contribution in [2.45, 2.75) is 19.3 Å². The highest BCUT2D eigenvalue weighted by Gasteiger charge is 2.48. The van der Waals surface area contributed by atoms with E-state index in [-0.39, 0.29) is 17.1 Å². The van der Waals surface area contributed by atoms with Gasteiger partial charge in [-0.1, -0.05) is 30.3 Å². The summed E-state index contributed by atoms with van der Waals surface area (Å²) in [6.45, 7) is 0. The molecule has 0 aliphatic heterocycles. The van der Waals surface area contributed by atoms with E-state index in [9.17, 15) is 4.79 Å². The first kappa shape index (κ1) is 9.72. The summed E-state index contributed by atoms with van der Waals surface area (Å²) in [5.74, 6) is 0.371. The summed E-state index contributed by atoms with van der Waals surface area (Å²) in [6.07, 6.45) is 2.88. The van der Waals surface area contributed by atoms with Gasteiger partial charge in [0.2, 0.25) is 0 Å². The second kappa shape index (κ2) is 3.74. The standard InChI is InChI=1S/C12H13ClO/c13-9-11(14)12(6-7-12)8-10-4-2-1-3-5-10/h1-5H,6-9H2. The van der Waals surface area contributed by atoms with Crippen LogP contribution in [0, 0.1) is 5.41 Å². The summed E-state index contributed by atoms with van der Waals surface area (Å²) in [5.41, 5.74) is 1.13. The van der Waals surface area contributed by atoms with Crippen molar-refractivity contribution in [3.05, 3.63) is 35.9 Å². The zero-order valence-electron chi connectivity index (χ0n) is 8.00. The molecule has 0 radical (unpaired) electrons. The Morgan fingerprint density at radius 2 is 1.93 bits per heavy atom. The molecule has 1 aromatic rings. The van der Waals surface area contributed by atoms with Crippen molar-refractivity contribution in [1.29, 1.82) is 0 Å². The molecule has 1 nitrogen and oxygen atoms in total. The van der Waals surface area contributed by atoms with Crippen LogP contribution in [0.15, 0.2) is 30.3 Å². The summed E-state index contributed by atoms with van der Waals surface area (Å²) in [5, 5.41) is 0. The maximum atomic E-state index is 11.6. The number of ketones is 1. The van der Waals surface area contributed by atoms with Crippen LogP contribution in [0.3, 0.4) is 0 Å². The fraction of sp³-hybridized carbons (Fsp3) is 0.417. The molecule has 1 aliphatic carbocycles. The summed E-state index contributed by atoms with van der Waals surface area (Å²) in [7, 11) is 0. The summed E-state index contributed by atoms with van der Waals surface area (Å²) in [4.78, 5) is 11.6. The molecule has 0 atom stereocenters. The minimum absolute atomic E-state index is 0.108. The van der Waals surface area contributed by atoms with Gasteiger partial charge in [0.1, 0.15) is 0 Å². The van der Waals surface area contributed by atoms with Gasteiger partial charge in [0, 0.05) is 5.41 Å². The van der Waals surface area contributed by atoms with Gasteiger partial charge in [0.15, 0.2) is 5.78 Å². The van der Waals surface area contributed by atoms with Crippen molar-refractivity contribution in [2.75, 3.05) is 5.88 Å². The number of alkyl halides is 1. The quantitative estimate of drug-likeness (QED) is 0.696. The smallest absolute Gasteiger partial charge is 0.154 e. The first-order valence-electron chi connectivity index (χ1n) is 4.90. The van der Waals surface area contributed by atoms with Gasteiger partial charge in [-0.2, -0.15) is 0 Å². The van der Waals surface area contributed by atoms with Crippen molar-refractivity contribution in [2.24, 2.45) is 5.41 Å². The van der Waals surface area contributed by atoms with E-state index < -0.39 is 0 Å². The Kier molecular flexibility index (Phi) is 2.60. The average Bonchev–Trinajstić information content (AvgIpc) is 2.99. The lowest BCUT2D eigenvalue weighted by Crippen LogP contribution is -2.19. The zero-order chi connectivity index (χ0) is 10.0. The van der Waals surface area contributed by atoms with Crippen LogP contribution in [-0.2, 0) is 11.2 Å². The van der Waals surface area contributed by atoms with Gasteiger partial charge in [0.25, 0.3) is 0 Å². The fourth-order valence-corrected chi connectivity index (χ4v) is 2.12. The van der Waals surface area contributed by atoms with Gasteiger partial charge in [-0.3, -0.25) is 4.79 Å². The molecule has 14 heavy (non-hydrogen) atoms. The molecule has 0 amide bonds. The van der Waals surface area contributed by atoms with Crippen LogP contribution in [0.4, 0.5) is 0 Å². The minimum Gasteiger partial charge on any atom is -0.298 e. The van der Waals surface area contributed by atoms with Crippen molar-refractivity contribution in [3.8, 4) is 0 Å². The van der Waals surface area contributed by atoms with E-state index in [2.05, 4.69) is 12.1 Å². The number of carbonyl (C=O) groups excluding carboxylic acids is 1. The van der Waals surface area contributed by atoms with E-state index >= 15 is 0 Å². The molecule has 1 aliphatic rings. The highest BCUT2D eigenvalue weighted by atomic mass is 35.5. The third-order valence-corrected chi connectivity index (χ3v) is 3.19. The zero-order valence-corrected chi connectivity index (χ0v) is 8.76. The Morgan fingerprint density at radius 1 is 1.29 bits per heavy atom. The second-order valence-corrected chi connectivity index (χ2v) is 4.27. The van der Waals surface area contributed by atoms with E-state index in [0.717, 1.165) is 19.3 Å². The lowest BCUT2D eigenvalue weighted by atomic mass is 9.93. The monoisotopic (exact) mass is 208 g/mol. The van der Waals surface area contributed by atoms with E-state index in [1.54, 1.807) is 0 Å². The first-order valence-corrected chi connectivity index (χ1v) is 5.43. The molecule has 0 heterocycles. The topological polar surface area (TPSA) is 17.1 Å². The van der Waals surface area contributed by atoms with E-state index in [1.165, 1.54) is 5.56 Å². The third kappa shape index (κ3) is 1.83. The van der Waals surface area contributed by atoms with Crippen LogP contribution in [0.1, 0.15) is 18.4 Å². The highest BCUT2D eigenvalue weighted by molar-refractivity contribution is 6.28. The van der Waals surface area contributed by atoms with Gasteiger partial charge in [-0.05, 0) is 24.8 Å². The molecule has 0 unspecified atom stereocenters. The largest absolute Gasteiger partial charge is 0.298 e. The number of benzene rings is 1. The van der Waals surface area contributed by atoms with Crippen molar-refractivity contribution in [3.63, 3.8) is 0 Å². The Balaban J connectivity index is 2.08. The maximum Gasteiger partial charge on any atom is 0.154 e. The number of halogens is 1. The second-order valence-electron chi connectivity index (χ2n) is 4.00. The van der Waals surface area contributed by atoms with Crippen molar-refractivity contribution < 1.29 is 4.79 Å². The minimum atomic E-state index is -0.108. The lowest BCUT2D eigenvalue weighted by Gasteiger charge is -2.11. The number of Topliss-reactive ketones (excluding diaryl/α,β-unsaturated/α-hetero) is 1. The number of hydrogen-bond donors (Lipinski definition) is 0. The Labute approximate surface area is 89.1 Å². The Bertz CT molecular complexity index is 327. The molecule has 74 valence electrons. The van der Waals surface area contributed by atoms with Crippen LogP contribution >= 0.6 is 11.6 Å². The molecule has 0 aromatic heterocycles.